The summed E-state index contributed by atoms with van der Waals surface area (Å²) in [6, 6.07) is -0.774. The summed E-state index contributed by atoms with van der Waals surface area (Å²) in [5, 5.41) is 15.2. The molecular formula is C7H13F3N2O5S. The second kappa shape index (κ2) is 8.83. The molecule has 0 heterocycles. The number of hydrogen-bond donors (Lipinski definition) is 4. The first-order valence-corrected chi connectivity index (χ1v) is 6.04. The van der Waals surface area contributed by atoms with Crippen molar-refractivity contribution in [2.75, 3.05) is 12.0 Å². The molecule has 2 atom stereocenters. The summed E-state index contributed by atoms with van der Waals surface area (Å²) in [5.41, 5.74) is 6.70. The summed E-state index contributed by atoms with van der Waals surface area (Å²) >= 11 is 0. The van der Waals surface area contributed by atoms with Gasteiger partial charge in [-0.1, -0.05) is 0 Å². The minimum atomic E-state index is -5.08. The molecule has 0 aliphatic heterocycles. The highest BCUT2D eigenvalue weighted by atomic mass is 32.2. The Labute approximate surface area is 103 Å². The monoisotopic (exact) mass is 294 g/mol. The summed E-state index contributed by atoms with van der Waals surface area (Å²) in [7, 11) is -0.946. The Morgan fingerprint density at radius 3 is 2.06 bits per heavy atom. The maximum Gasteiger partial charge on any atom is 0.490 e. The van der Waals surface area contributed by atoms with E-state index in [9.17, 15) is 22.2 Å². The number of nitrogens with one attached hydrogen (secondary N) is 1. The first-order chi connectivity index (χ1) is 8.02. The number of carboxylic acids is 1. The van der Waals surface area contributed by atoms with Crippen LogP contribution in [0.15, 0.2) is 0 Å². The van der Waals surface area contributed by atoms with Crippen LogP contribution in [0.3, 0.4) is 0 Å². The molecule has 0 aromatic carbocycles. The number of carboxylic acid groups (broad SMARTS) is 1. The molecule has 0 spiro atoms. The van der Waals surface area contributed by atoms with E-state index >= 15 is 0 Å². The normalized spacial score (nSPS) is 13.9. The molecule has 7 nitrogen and oxygen atoms in total. The molecule has 0 fully saturated rings. The number of nitrogens with two attached hydrogens (primary N) is 1. The van der Waals surface area contributed by atoms with Crippen LogP contribution in [0, 0.1) is 0 Å². The van der Waals surface area contributed by atoms with Crippen LogP contribution in [0.4, 0.5) is 13.2 Å². The zero-order valence-corrected chi connectivity index (χ0v) is 10.0. The summed E-state index contributed by atoms with van der Waals surface area (Å²) in [6.07, 6.45) is -3.24. The third-order valence-corrected chi connectivity index (χ3v) is 2.22. The van der Waals surface area contributed by atoms with Gasteiger partial charge in [-0.05, 0) is 6.42 Å². The van der Waals surface area contributed by atoms with Crippen LogP contribution in [-0.2, 0) is 20.4 Å². The van der Waals surface area contributed by atoms with Crippen molar-refractivity contribution >= 4 is 22.7 Å². The standard InChI is InChI=1S/C5H12N2O3S.C2HF3O2/c1-11(10)3-2-4(6)5(8)7-9;3-2(4,5)1(6)7/h4,9H,2-3,6H2,1H3,(H,7,8);(H,6,7)/t4-,11?;/m0./s1. The Morgan fingerprint density at radius 1 is 1.44 bits per heavy atom. The van der Waals surface area contributed by atoms with Crippen molar-refractivity contribution < 1.29 is 37.3 Å². The average Bonchev–Trinajstić information content (AvgIpc) is 2.24. The third-order valence-electron chi connectivity index (χ3n) is 1.41. The van der Waals surface area contributed by atoms with Gasteiger partial charge in [0.2, 0.25) is 0 Å². The number of carbonyl (C=O) groups excluding carboxylic acids is 1. The van der Waals surface area contributed by atoms with Crippen LogP contribution < -0.4 is 11.2 Å². The fourth-order valence-corrected chi connectivity index (χ4v) is 1.09. The van der Waals surface area contributed by atoms with Crippen LogP contribution in [0.25, 0.3) is 0 Å². The zero-order valence-electron chi connectivity index (χ0n) is 9.23. The lowest BCUT2D eigenvalue weighted by Crippen LogP contribution is -2.39. The van der Waals surface area contributed by atoms with Crippen LogP contribution in [0.5, 0.6) is 0 Å². The maximum absolute atomic E-state index is 10.6. The molecule has 11 heteroatoms. The quantitative estimate of drug-likeness (QED) is 0.397. The van der Waals surface area contributed by atoms with Gasteiger partial charge in [0.05, 0.1) is 6.04 Å². The molecule has 1 amide bonds. The summed E-state index contributed by atoms with van der Waals surface area (Å²) in [6.45, 7) is 0. The number of hydrogen-bond acceptors (Lipinski definition) is 5. The molecule has 1 unspecified atom stereocenters. The minimum Gasteiger partial charge on any atom is -0.475 e. The van der Waals surface area contributed by atoms with Crippen molar-refractivity contribution in [3.8, 4) is 0 Å². The average molecular weight is 294 g/mol. The van der Waals surface area contributed by atoms with E-state index in [1.54, 1.807) is 0 Å². The van der Waals surface area contributed by atoms with Crippen LogP contribution in [0.1, 0.15) is 6.42 Å². The molecule has 0 aliphatic rings. The molecule has 0 aliphatic carbocycles. The van der Waals surface area contributed by atoms with E-state index in [2.05, 4.69) is 0 Å². The zero-order chi connectivity index (χ0) is 14.9. The fourth-order valence-electron chi connectivity index (χ4n) is 0.507. The largest absolute Gasteiger partial charge is 0.490 e. The van der Waals surface area contributed by atoms with Crippen molar-refractivity contribution in [3.05, 3.63) is 0 Å². The van der Waals surface area contributed by atoms with Crippen molar-refractivity contribution in [2.24, 2.45) is 5.73 Å². The Kier molecular flexibility index (Phi) is 9.39. The third kappa shape index (κ3) is 11.3. The number of aliphatic carboxylic acids is 1. The molecule has 0 rings (SSSR count). The first-order valence-electron chi connectivity index (χ1n) is 4.32. The lowest BCUT2D eigenvalue weighted by molar-refractivity contribution is -0.192. The summed E-state index contributed by atoms with van der Waals surface area (Å²) in [5.74, 6) is -3.03. The molecule has 0 aromatic rings. The maximum atomic E-state index is 10.6. The molecule has 18 heavy (non-hydrogen) atoms. The first kappa shape index (κ1) is 19.1. The Morgan fingerprint density at radius 2 is 1.83 bits per heavy atom. The van der Waals surface area contributed by atoms with Crippen molar-refractivity contribution in [2.45, 2.75) is 18.6 Å². The van der Waals surface area contributed by atoms with Gasteiger partial charge in [0.1, 0.15) is 0 Å². The van der Waals surface area contributed by atoms with Gasteiger partial charge >= 0.3 is 12.1 Å². The van der Waals surface area contributed by atoms with E-state index in [0.717, 1.165) is 0 Å². The van der Waals surface area contributed by atoms with Crippen molar-refractivity contribution in [1.29, 1.82) is 0 Å². The highest BCUT2D eigenvalue weighted by molar-refractivity contribution is 7.84. The van der Waals surface area contributed by atoms with E-state index in [0.29, 0.717) is 12.2 Å². The summed E-state index contributed by atoms with van der Waals surface area (Å²) < 4.78 is 42.3. The molecule has 5 N–H and O–H groups in total. The highest BCUT2D eigenvalue weighted by Gasteiger charge is 2.38. The van der Waals surface area contributed by atoms with Gasteiger partial charge in [0, 0.05) is 22.8 Å². The van der Waals surface area contributed by atoms with Crippen molar-refractivity contribution in [3.63, 3.8) is 0 Å². The van der Waals surface area contributed by atoms with E-state index in [-0.39, 0.29) is 0 Å². The van der Waals surface area contributed by atoms with Gasteiger partial charge in [-0.25, -0.2) is 10.3 Å². The summed E-state index contributed by atoms with van der Waals surface area (Å²) in [4.78, 5) is 19.4. The molecule has 0 saturated carbocycles. The van der Waals surface area contributed by atoms with Gasteiger partial charge in [0.25, 0.3) is 5.91 Å². The lowest BCUT2D eigenvalue weighted by atomic mass is 10.2. The van der Waals surface area contributed by atoms with Crippen LogP contribution >= 0.6 is 0 Å². The fraction of sp³-hybridized carbons (Fsp3) is 0.714. The van der Waals surface area contributed by atoms with Gasteiger partial charge < -0.3 is 10.8 Å². The van der Waals surface area contributed by atoms with E-state index in [1.807, 2.05) is 0 Å². The number of rotatable bonds is 4. The number of carbonyl (C=O) groups is 2. The second-order valence-electron chi connectivity index (χ2n) is 2.95. The van der Waals surface area contributed by atoms with Gasteiger partial charge in [0.15, 0.2) is 0 Å². The van der Waals surface area contributed by atoms with Gasteiger partial charge in [-0.15, -0.1) is 0 Å². The smallest absolute Gasteiger partial charge is 0.475 e. The van der Waals surface area contributed by atoms with E-state index in [1.165, 1.54) is 11.7 Å². The van der Waals surface area contributed by atoms with Crippen LogP contribution in [-0.4, -0.2) is 50.6 Å². The highest BCUT2D eigenvalue weighted by Crippen LogP contribution is 2.13. The van der Waals surface area contributed by atoms with Crippen LogP contribution in [0.2, 0.25) is 0 Å². The molecule has 108 valence electrons. The predicted octanol–water partition coefficient (Wildman–Crippen LogP) is -0.779. The SMILES string of the molecule is CS(=O)CC[C@H](N)C(=O)NO.O=C(O)C(F)(F)F. The Bertz CT molecular complexity index is 310. The second-order valence-corrected chi connectivity index (χ2v) is 4.51. The topological polar surface area (TPSA) is 130 Å². The van der Waals surface area contributed by atoms with E-state index < -0.39 is 34.9 Å². The van der Waals surface area contributed by atoms with Crippen molar-refractivity contribution in [1.82, 2.24) is 5.48 Å². The van der Waals surface area contributed by atoms with Gasteiger partial charge in [-0.2, -0.15) is 13.2 Å². The van der Waals surface area contributed by atoms with E-state index in [4.69, 9.17) is 20.8 Å². The number of alkyl halides is 3. The number of hydroxylamine groups is 1. The molecule has 0 aromatic heterocycles. The predicted molar refractivity (Wildman–Crippen MR) is 55.1 cm³/mol. The number of halogens is 3. The molecule has 0 radical (unpaired) electrons. The molecular weight excluding hydrogens is 281 g/mol. The molecule has 0 bridgehead atoms. The lowest BCUT2D eigenvalue weighted by Gasteiger charge is -2.06. The Hall–Kier alpha value is -1.20. The van der Waals surface area contributed by atoms with Gasteiger partial charge in [-0.3, -0.25) is 14.2 Å². The number of amides is 1. The minimum absolute atomic E-state index is 0.315. The molecule has 0 saturated heterocycles. The Balaban J connectivity index is 0.